The topological polar surface area (TPSA) is 98.2 Å². The van der Waals surface area contributed by atoms with Gasteiger partial charge in [-0.2, -0.15) is 0 Å². The normalized spacial score (nSPS) is 15.0. The number of aliphatic imine (C=N–C) groups is 1. The molecule has 10 heteroatoms. The summed E-state index contributed by atoms with van der Waals surface area (Å²) in [6.45, 7) is 1.78. The summed E-state index contributed by atoms with van der Waals surface area (Å²) in [5, 5.41) is 6.04. The lowest BCUT2D eigenvalue weighted by Gasteiger charge is -2.13. The van der Waals surface area contributed by atoms with Crippen LogP contribution < -0.4 is 24.8 Å². The number of ether oxygens (including phenoxy) is 3. The minimum atomic E-state index is -0.295. The Morgan fingerprint density at radius 1 is 1.05 bits per heavy atom. The van der Waals surface area contributed by atoms with E-state index in [-0.39, 0.29) is 18.4 Å². The van der Waals surface area contributed by atoms with Crippen molar-refractivity contribution in [2.24, 2.45) is 4.99 Å². The summed E-state index contributed by atoms with van der Waals surface area (Å²) in [6, 6.07) is 18.1. The van der Waals surface area contributed by atoms with Gasteiger partial charge in [-0.05, 0) is 78.9 Å². The van der Waals surface area contributed by atoms with E-state index in [1.54, 1.807) is 37.5 Å². The van der Waals surface area contributed by atoms with Gasteiger partial charge in [0.05, 0.1) is 24.8 Å². The van der Waals surface area contributed by atoms with Gasteiger partial charge in [-0.1, -0.05) is 33.6 Å². The monoisotopic (exact) mass is 581 g/mol. The maximum Gasteiger partial charge on any atom is 0.264 e. The highest BCUT2D eigenvalue weighted by Crippen LogP contribution is 2.37. The second-order valence-electron chi connectivity index (χ2n) is 7.91. The molecule has 3 aromatic carbocycles. The number of benzene rings is 3. The molecular formula is C27H24BrN3O5S. The Morgan fingerprint density at radius 3 is 2.46 bits per heavy atom. The van der Waals surface area contributed by atoms with Crippen LogP contribution in [0.25, 0.3) is 6.08 Å². The Bertz CT molecular complexity index is 1370. The van der Waals surface area contributed by atoms with E-state index in [0.717, 1.165) is 11.3 Å². The Labute approximate surface area is 227 Å². The van der Waals surface area contributed by atoms with Crippen LogP contribution in [0.5, 0.6) is 17.2 Å². The van der Waals surface area contributed by atoms with Crippen LogP contribution in [0.2, 0.25) is 0 Å². The average molecular weight is 582 g/mol. The van der Waals surface area contributed by atoms with E-state index in [2.05, 4.69) is 31.6 Å². The summed E-state index contributed by atoms with van der Waals surface area (Å²) in [5.74, 6) is 0.993. The fraction of sp³-hybridized carbons (Fsp3) is 0.148. The Hall–Kier alpha value is -3.76. The first-order valence-corrected chi connectivity index (χ1v) is 12.8. The van der Waals surface area contributed by atoms with Gasteiger partial charge >= 0.3 is 0 Å². The number of thioether (sulfide) groups is 1. The molecule has 1 aliphatic heterocycles. The van der Waals surface area contributed by atoms with Gasteiger partial charge in [-0.25, -0.2) is 4.99 Å². The highest BCUT2D eigenvalue weighted by atomic mass is 79.9. The molecular weight excluding hydrogens is 558 g/mol. The number of halogens is 1. The first-order chi connectivity index (χ1) is 17.8. The molecule has 0 bridgehead atoms. The van der Waals surface area contributed by atoms with Crippen molar-refractivity contribution in [1.29, 1.82) is 0 Å². The highest BCUT2D eigenvalue weighted by molar-refractivity contribution is 9.10. The van der Waals surface area contributed by atoms with Gasteiger partial charge in [0, 0.05) is 10.2 Å². The summed E-state index contributed by atoms with van der Waals surface area (Å²) in [6.07, 6.45) is 1.73. The van der Waals surface area contributed by atoms with Crippen molar-refractivity contribution >= 4 is 62.1 Å². The van der Waals surface area contributed by atoms with E-state index >= 15 is 0 Å². The summed E-state index contributed by atoms with van der Waals surface area (Å²) < 4.78 is 17.0. The zero-order valence-electron chi connectivity index (χ0n) is 20.3. The molecule has 0 aliphatic carbocycles. The van der Waals surface area contributed by atoms with Crippen LogP contribution in [-0.2, 0) is 9.59 Å². The smallest absolute Gasteiger partial charge is 0.264 e. The Balaban J connectivity index is 1.45. The van der Waals surface area contributed by atoms with E-state index < -0.39 is 0 Å². The molecule has 0 aromatic heterocycles. The molecule has 0 spiro atoms. The van der Waals surface area contributed by atoms with Gasteiger partial charge in [-0.3, -0.25) is 9.59 Å². The molecule has 3 aromatic rings. The molecule has 0 unspecified atom stereocenters. The van der Waals surface area contributed by atoms with Crippen LogP contribution in [0.4, 0.5) is 11.4 Å². The number of rotatable bonds is 8. The number of methoxy groups -OCH3 is 2. The maximum absolute atomic E-state index is 12.5. The number of amides is 2. The molecule has 1 saturated heterocycles. The molecule has 190 valence electrons. The number of hydrogen-bond acceptors (Lipinski definition) is 7. The number of carbonyl (C=O) groups excluding carboxylic acids is 2. The molecule has 4 rings (SSSR count). The van der Waals surface area contributed by atoms with Gasteiger partial charge in [-0.15, -0.1) is 0 Å². The van der Waals surface area contributed by atoms with E-state index in [4.69, 9.17) is 14.2 Å². The highest BCUT2D eigenvalue weighted by Gasteiger charge is 2.24. The minimum absolute atomic E-state index is 0.194. The predicted octanol–water partition coefficient (Wildman–Crippen LogP) is 5.68. The molecule has 2 amide bonds. The van der Waals surface area contributed by atoms with Crippen LogP contribution in [0, 0.1) is 6.92 Å². The number of nitrogens with one attached hydrogen (secondary N) is 2. The first-order valence-electron chi connectivity index (χ1n) is 11.1. The first kappa shape index (κ1) is 26.3. The van der Waals surface area contributed by atoms with Gasteiger partial charge < -0.3 is 24.8 Å². The summed E-state index contributed by atoms with van der Waals surface area (Å²) >= 11 is 4.76. The lowest BCUT2D eigenvalue weighted by Crippen LogP contribution is -2.20. The van der Waals surface area contributed by atoms with E-state index in [1.165, 1.54) is 18.9 Å². The van der Waals surface area contributed by atoms with Crippen LogP contribution >= 0.6 is 27.7 Å². The second kappa shape index (κ2) is 12.0. The quantitative estimate of drug-likeness (QED) is 0.332. The minimum Gasteiger partial charge on any atom is -0.497 e. The van der Waals surface area contributed by atoms with E-state index in [1.807, 2.05) is 43.3 Å². The number of aryl methyl sites for hydroxylation is 1. The zero-order valence-corrected chi connectivity index (χ0v) is 22.7. The average Bonchev–Trinajstić information content (AvgIpc) is 3.24. The predicted molar refractivity (Wildman–Crippen MR) is 150 cm³/mol. The van der Waals surface area contributed by atoms with Gasteiger partial charge in [0.2, 0.25) is 0 Å². The molecule has 0 saturated carbocycles. The fourth-order valence-electron chi connectivity index (χ4n) is 3.31. The molecule has 2 N–H and O–H groups in total. The molecule has 0 radical (unpaired) electrons. The van der Waals surface area contributed by atoms with Crippen molar-refractivity contribution in [1.82, 2.24) is 5.32 Å². The number of amidine groups is 1. The number of nitrogens with zero attached hydrogens (tertiary/aromatic N) is 1. The third-order valence-corrected chi connectivity index (χ3v) is 6.81. The van der Waals surface area contributed by atoms with Crippen LogP contribution in [0.1, 0.15) is 11.1 Å². The zero-order chi connectivity index (χ0) is 26.4. The van der Waals surface area contributed by atoms with Crippen molar-refractivity contribution in [2.75, 3.05) is 26.1 Å². The SMILES string of the molecule is COc1ccc(N=C2NC(=O)/C(=C\c3cc(OC)c(OCC(=O)Nc4ccc(C)cc4)cc3Br)S2)cc1. The third kappa shape index (κ3) is 6.93. The van der Waals surface area contributed by atoms with E-state index in [0.29, 0.717) is 43.0 Å². The van der Waals surface area contributed by atoms with Crippen molar-refractivity contribution in [3.05, 3.63) is 81.2 Å². The van der Waals surface area contributed by atoms with Crippen LogP contribution in [0.3, 0.4) is 0 Å². The Morgan fingerprint density at radius 2 is 1.78 bits per heavy atom. The van der Waals surface area contributed by atoms with Gasteiger partial charge in [0.25, 0.3) is 11.8 Å². The summed E-state index contributed by atoms with van der Waals surface area (Å²) in [4.78, 5) is 29.8. The largest absolute Gasteiger partial charge is 0.497 e. The number of anilines is 1. The van der Waals surface area contributed by atoms with Crippen molar-refractivity contribution in [3.8, 4) is 17.2 Å². The maximum atomic E-state index is 12.5. The third-order valence-electron chi connectivity index (χ3n) is 5.22. The van der Waals surface area contributed by atoms with Gasteiger partial charge in [0.1, 0.15) is 5.75 Å². The lowest BCUT2D eigenvalue weighted by atomic mass is 10.2. The molecule has 8 nitrogen and oxygen atoms in total. The van der Waals surface area contributed by atoms with Crippen molar-refractivity contribution in [2.45, 2.75) is 6.92 Å². The van der Waals surface area contributed by atoms with Crippen molar-refractivity contribution in [3.63, 3.8) is 0 Å². The lowest BCUT2D eigenvalue weighted by molar-refractivity contribution is -0.118. The van der Waals surface area contributed by atoms with Crippen LogP contribution in [-0.4, -0.2) is 37.8 Å². The second-order valence-corrected chi connectivity index (χ2v) is 9.79. The standard InChI is InChI=1S/C27H24BrN3O5S/c1-16-4-6-18(7-5-16)29-25(32)15-36-23-14-21(28)17(12-22(23)35-3)13-24-26(33)31-27(37-24)30-19-8-10-20(34-2)11-9-19/h4-14H,15H2,1-3H3,(H,29,32)(H,30,31,33)/b24-13+. The molecule has 1 fully saturated rings. The molecule has 37 heavy (non-hydrogen) atoms. The fourth-order valence-corrected chi connectivity index (χ4v) is 4.58. The van der Waals surface area contributed by atoms with Crippen LogP contribution in [0.15, 0.2) is 75.0 Å². The van der Waals surface area contributed by atoms with E-state index in [9.17, 15) is 9.59 Å². The molecule has 0 atom stereocenters. The number of carbonyl (C=O) groups is 2. The summed E-state index contributed by atoms with van der Waals surface area (Å²) in [5.41, 5.74) is 3.20. The molecule has 1 aliphatic rings. The number of hydrogen-bond donors (Lipinski definition) is 2. The Kier molecular flexibility index (Phi) is 8.52. The molecule has 1 heterocycles. The summed E-state index contributed by atoms with van der Waals surface area (Å²) in [7, 11) is 3.11. The van der Waals surface area contributed by atoms with Crippen molar-refractivity contribution < 1.29 is 23.8 Å². The van der Waals surface area contributed by atoms with Gasteiger partial charge in [0.15, 0.2) is 23.3 Å².